The first kappa shape index (κ1) is 17.3. The lowest BCUT2D eigenvalue weighted by Gasteiger charge is -2.19. The van der Waals surface area contributed by atoms with Crippen LogP contribution in [0.15, 0.2) is 36.5 Å². The van der Waals surface area contributed by atoms with Crippen LogP contribution in [0.25, 0.3) is 0 Å². The lowest BCUT2D eigenvalue weighted by atomic mass is 10.0. The quantitative estimate of drug-likeness (QED) is 0.537. The number of alkyl halides is 1. The summed E-state index contributed by atoms with van der Waals surface area (Å²) in [6.07, 6.45) is 3.27. The minimum atomic E-state index is -0.420. The summed E-state index contributed by atoms with van der Waals surface area (Å²) in [4.78, 5) is 12.4. The number of Topliss-reactive ketones (excluding diaryl/α,β-unsaturated/α-hetero) is 1. The second-order valence-corrected chi connectivity index (χ2v) is 6.32. The normalized spacial score (nSPS) is 12.2. The molecule has 1 aromatic heterocycles. The minimum Gasteiger partial charge on any atom is -0.347 e. The van der Waals surface area contributed by atoms with Gasteiger partial charge in [-0.05, 0) is 44.0 Å². The van der Waals surface area contributed by atoms with Crippen molar-refractivity contribution in [1.82, 2.24) is 4.57 Å². The predicted molar refractivity (Wildman–Crippen MR) is 92.9 cm³/mol. The fourth-order valence-electron chi connectivity index (χ4n) is 2.66. The Morgan fingerprint density at radius 3 is 2.43 bits per heavy atom. The van der Waals surface area contributed by atoms with Crippen molar-refractivity contribution in [3.63, 3.8) is 0 Å². The number of nitriles is 1. The third-order valence-electron chi connectivity index (χ3n) is 3.86. The van der Waals surface area contributed by atoms with Crippen LogP contribution in [0.1, 0.15) is 72.2 Å². The molecule has 3 nitrogen and oxygen atoms in total. The second-order valence-electron chi connectivity index (χ2n) is 5.89. The first-order valence-electron chi connectivity index (χ1n) is 7.87. The highest BCUT2D eigenvalue weighted by Crippen LogP contribution is 2.34. The van der Waals surface area contributed by atoms with Gasteiger partial charge in [-0.15, -0.1) is 11.6 Å². The fourth-order valence-corrected chi connectivity index (χ4v) is 3.04. The van der Waals surface area contributed by atoms with Crippen LogP contribution in [0, 0.1) is 11.3 Å². The molecule has 1 aromatic carbocycles. The van der Waals surface area contributed by atoms with Gasteiger partial charge in [-0.1, -0.05) is 19.1 Å². The highest BCUT2D eigenvalue weighted by molar-refractivity contribution is 6.23. The van der Waals surface area contributed by atoms with Crippen LogP contribution >= 0.6 is 11.6 Å². The summed E-state index contributed by atoms with van der Waals surface area (Å²) in [5.41, 5.74) is 3.02. The van der Waals surface area contributed by atoms with E-state index in [2.05, 4.69) is 24.5 Å². The van der Waals surface area contributed by atoms with Gasteiger partial charge in [0.05, 0.1) is 22.7 Å². The molecule has 0 aliphatic carbocycles. The highest BCUT2D eigenvalue weighted by Gasteiger charge is 2.24. The molecule has 0 spiro atoms. The Morgan fingerprint density at radius 1 is 1.26 bits per heavy atom. The third kappa shape index (κ3) is 3.65. The summed E-state index contributed by atoms with van der Waals surface area (Å²) in [5.74, 6) is 0.126. The molecule has 0 radical (unpaired) electrons. The highest BCUT2D eigenvalue weighted by atomic mass is 35.5. The SMILES string of the molecule is CCCC(=O)c1ccn(C(C)C)c1C(Cl)c1ccc(C#N)cc1. The molecule has 0 bridgehead atoms. The lowest BCUT2D eigenvalue weighted by Crippen LogP contribution is -2.11. The maximum Gasteiger partial charge on any atom is 0.164 e. The topological polar surface area (TPSA) is 45.8 Å². The Morgan fingerprint density at radius 2 is 1.91 bits per heavy atom. The first-order valence-corrected chi connectivity index (χ1v) is 8.31. The number of halogens is 1. The molecule has 0 fully saturated rings. The van der Waals surface area contributed by atoms with Crippen LogP contribution < -0.4 is 0 Å². The van der Waals surface area contributed by atoms with Crippen molar-refractivity contribution in [2.75, 3.05) is 0 Å². The number of nitrogens with zero attached hydrogens (tertiary/aromatic N) is 2. The molecule has 1 atom stereocenters. The molecule has 1 unspecified atom stereocenters. The Bertz CT molecular complexity index is 723. The molecule has 0 amide bonds. The molecule has 0 saturated heterocycles. The molecule has 1 heterocycles. The molecule has 2 rings (SSSR count). The zero-order valence-electron chi connectivity index (χ0n) is 13.7. The van der Waals surface area contributed by atoms with Crippen molar-refractivity contribution >= 4 is 17.4 Å². The van der Waals surface area contributed by atoms with Gasteiger partial charge in [-0.3, -0.25) is 4.79 Å². The largest absolute Gasteiger partial charge is 0.347 e. The zero-order valence-corrected chi connectivity index (χ0v) is 14.5. The number of ketones is 1. The molecule has 120 valence electrons. The Kier molecular flexibility index (Phi) is 5.63. The van der Waals surface area contributed by atoms with E-state index in [1.165, 1.54) is 0 Å². The minimum absolute atomic E-state index is 0.126. The van der Waals surface area contributed by atoms with Gasteiger partial charge in [0.1, 0.15) is 0 Å². The predicted octanol–water partition coefficient (Wildman–Crippen LogP) is 5.25. The van der Waals surface area contributed by atoms with Crippen molar-refractivity contribution in [2.45, 2.75) is 45.0 Å². The van der Waals surface area contributed by atoms with Gasteiger partial charge in [0.2, 0.25) is 0 Å². The van der Waals surface area contributed by atoms with Gasteiger partial charge in [-0.25, -0.2) is 0 Å². The third-order valence-corrected chi connectivity index (χ3v) is 4.32. The summed E-state index contributed by atoms with van der Waals surface area (Å²) in [6, 6.07) is 11.4. The van der Waals surface area contributed by atoms with Crippen molar-refractivity contribution in [3.05, 3.63) is 58.9 Å². The van der Waals surface area contributed by atoms with Gasteiger partial charge >= 0.3 is 0 Å². The smallest absolute Gasteiger partial charge is 0.164 e. The average Bonchev–Trinajstić information content (AvgIpc) is 2.99. The van der Waals surface area contributed by atoms with Crippen LogP contribution in [-0.4, -0.2) is 10.4 Å². The van der Waals surface area contributed by atoms with E-state index in [-0.39, 0.29) is 11.8 Å². The molecular formula is C19H21ClN2O. The summed E-state index contributed by atoms with van der Waals surface area (Å²) in [7, 11) is 0. The first-order chi connectivity index (χ1) is 11.0. The number of carbonyl (C=O) groups is 1. The summed E-state index contributed by atoms with van der Waals surface area (Å²) in [5, 5.41) is 8.49. The second kappa shape index (κ2) is 7.48. The summed E-state index contributed by atoms with van der Waals surface area (Å²) < 4.78 is 2.05. The number of carbonyl (C=O) groups excluding carboxylic acids is 1. The van der Waals surface area contributed by atoms with E-state index in [4.69, 9.17) is 16.9 Å². The van der Waals surface area contributed by atoms with E-state index in [0.717, 1.165) is 17.7 Å². The monoisotopic (exact) mass is 328 g/mol. The van der Waals surface area contributed by atoms with E-state index in [1.807, 2.05) is 31.3 Å². The summed E-state index contributed by atoms with van der Waals surface area (Å²) in [6.45, 7) is 6.13. The van der Waals surface area contributed by atoms with Crippen molar-refractivity contribution in [2.24, 2.45) is 0 Å². The molecule has 0 N–H and O–H groups in total. The summed E-state index contributed by atoms with van der Waals surface area (Å²) >= 11 is 6.71. The van der Waals surface area contributed by atoms with E-state index in [0.29, 0.717) is 17.5 Å². The fraction of sp³-hybridized carbons (Fsp3) is 0.368. The van der Waals surface area contributed by atoms with Gasteiger partial charge in [-0.2, -0.15) is 5.26 Å². The lowest BCUT2D eigenvalue weighted by molar-refractivity contribution is 0.0980. The van der Waals surface area contributed by atoms with Crippen molar-refractivity contribution < 1.29 is 4.79 Å². The van der Waals surface area contributed by atoms with Crippen LogP contribution in [0.5, 0.6) is 0 Å². The van der Waals surface area contributed by atoms with Gasteiger partial charge in [0.25, 0.3) is 0 Å². The van der Waals surface area contributed by atoms with Gasteiger partial charge in [0, 0.05) is 24.2 Å². The van der Waals surface area contributed by atoms with E-state index < -0.39 is 5.38 Å². The zero-order chi connectivity index (χ0) is 17.0. The maximum absolute atomic E-state index is 12.4. The van der Waals surface area contributed by atoms with Crippen molar-refractivity contribution in [1.29, 1.82) is 5.26 Å². The molecule has 0 aliphatic rings. The standard InChI is InChI=1S/C19H21ClN2O/c1-4-5-17(23)16-10-11-22(13(2)3)19(16)18(20)15-8-6-14(12-21)7-9-15/h6-11,13,18H,4-5H2,1-3H3. The Labute approximate surface area is 142 Å². The molecule has 23 heavy (non-hydrogen) atoms. The molecule has 4 heteroatoms. The number of benzene rings is 1. The van der Waals surface area contributed by atoms with Crippen molar-refractivity contribution in [3.8, 4) is 6.07 Å². The molecule has 0 saturated carbocycles. The van der Waals surface area contributed by atoms with E-state index >= 15 is 0 Å². The molecule has 0 aliphatic heterocycles. The van der Waals surface area contributed by atoms with Gasteiger partial charge in [0.15, 0.2) is 5.78 Å². The van der Waals surface area contributed by atoms with E-state index in [9.17, 15) is 4.79 Å². The number of hydrogen-bond acceptors (Lipinski definition) is 2. The number of aromatic nitrogens is 1. The van der Waals surface area contributed by atoms with Crippen LogP contribution in [0.2, 0.25) is 0 Å². The number of rotatable bonds is 6. The molecular weight excluding hydrogens is 308 g/mol. The van der Waals surface area contributed by atoms with Crippen LogP contribution in [0.4, 0.5) is 0 Å². The van der Waals surface area contributed by atoms with Crippen LogP contribution in [-0.2, 0) is 0 Å². The van der Waals surface area contributed by atoms with Crippen LogP contribution in [0.3, 0.4) is 0 Å². The Balaban J connectivity index is 2.48. The maximum atomic E-state index is 12.4. The average molecular weight is 329 g/mol. The van der Waals surface area contributed by atoms with Gasteiger partial charge < -0.3 is 4.57 Å². The van der Waals surface area contributed by atoms with E-state index in [1.54, 1.807) is 12.1 Å². The molecule has 2 aromatic rings. The number of hydrogen-bond donors (Lipinski definition) is 0. The Hall–Kier alpha value is -2.05.